The Balaban J connectivity index is 2.38. The number of benzene rings is 1. The van der Waals surface area contributed by atoms with Crippen molar-refractivity contribution in [2.45, 2.75) is 71.1 Å². The summed E-state index contributed by atoms with van der Waals surface area (Å²) in [6, 6.07) is 4.85. The van der Waals surface area contributed by atoms with Gasteiger partial charge in [0, 0.05) is 37.7 Å². The lowest BCUT2D eigenvalue weighted by Crippen LogP contribution is -2.47. The second-order valence-electron chi connectivity index (χ2n) is 10.5. The van der Waals surface area contributed by atoms with Gasteiger partial charge in [-0.2, -0.15) is 0 Å². The van der Waals surface area contributed by atoms with E-state index in [1.54, 1.807) is 23.1 Å². The number of nitrogens with zero attached hydrogens (tertiary/aromatic N) is 2. The lowest BCUT2D eigenvalue weighted by Gasteiger charge is -2.34. The van der Waals surface area contributed by atoms with Crippen molar-refractivity contribution in [3.8, 4) is 5.75 Å². The normalized spacial score (nSPS) is 22.6. The summed E-state index contributed by atoms with van der Waals surface area (Å²) in [5.41, 5.74) is 0.939. The summed E-state index contributed by atoms with van der Waals surface area (Å²) in [5.74, 6) is 0.201. The van der Waals surface area contributed by atoms with Crippen molar-refractivity contribution in [2.75, 3.05) is 59.3 Å². The number of likely N-dealkylation sites (N-methyl/N-ethyl adjacent to an activating group) is 1. The molecule has 1 heterocycles. The molecule has 2 rings (SSSR count). The highest BCUT2D eigenvalue weighted by Crippen LogP contribution is 2.28. The molecule has 0 saturated carbocycles. The molecule has 1 aromatic carbocycles. The Morgan fingerprint density at radius 2 is 2.03 bits per heavy atom. The zero-order chi connectivity index (χ0) is 27.4. The van der Waals surface area contributed by atoms with E-state index in [9.17, 15) is 14.7 Å². The third-order valence-corrected chi connectivity index (χ3v) is 6.75. The third-order valence-electron chi connectivity index (χ3n) is 6.75. The number of carbonyl (C=O) groups excluding carboxylic acids is 2. The number of hydrogen-bond donors (Lipinski definition) is 3. The highest BCUT2D eigenvalue weighted by molar-refractivity contribution is 5.99. The summed E-state index contributed by atoms with van der Waals surface area (Å²) in [6.45, 7) is 8.32. The van der Waals surface area contributed by atoms with E-state index in [0.717, 1.165) is 32.2 Å². The first kappa shape index (κ1) is 31.0. The number of amides is 2. The van der Waals surface area contributed by atoms with Crippen LogP contribution in [0.4, 0.5) is 5.69 Å². The molecule has 0 bridgehead atoms. The first-order valence-electron chi connectivity index (χ1n) is 13.6. The molecule has 4 atom stereocenters. The van der Waals surface area contributed by atoms with Gasteiger partial charge in [-0.25, -0.2) is 0 Å². The summed E-state index contributed by atoms with van der Waals surface area (Å²) < 4.78 is 12.4. The monoisotopic (exact) mass is 520 g/mol. The summed E-state index contributed by atoms with van der Waals surface area (Å²) in [6.07, 6.45) is 3.73. The largest absolute Gasteiger partial charge is 0.490 e. The Morgan fingerprint density at radius 1 is 1.27 bits per heavy atom. The minimum absolute atomic E-state index is 0.0382. The smallest absolute Gasteiger partial charge is 0.258 e. The zero-order valence-electron chi connectivity index (χ0n) is 23.6. The van der Waals surface area contributed by atoms with E-state index in [-0.39, 0.29) is 36.5 Å². The second-order valence-corrected chi connectivity index (χ2v) is 10.5. The molecule has 0 saturated heterocycles. The number of aliphatic hydroxyl groups is 1. The quantitative estimate of drug-likeness (QED) is 0.460. The molecule has 9 nitrogen and oxygen atoms in total. The molecule has 0 fully saturated rings. The van der Waals surface area contributed by atoms with Crippen molar-refractivity contribution < 1.29 is 24.2 Å². The molecule has 37 heavy (non-hydrogen) atoms. The van der Waals surface area contributed by atoms with Crippen molar-refractivity contribution in [1.82, 2.24) is 15.1 Å². The van der Waals surface area contributed by atoms with Gasteiger partial charge >= 0.3 is 0 Å². The van der Waals surface area contributed by atoms with Crippen LogP contribution in [0.15, 0.2) is 18.2 Å². The van der Waals surface area contributed by atoms with Crippen molar-refractivity contribution in [3.63, 3.8) is 0 Å². The molecule has 0 aromatic heterocycles. The van der Waals surface area contributed by atoms with Gasteiger partial charge in [0.1, 0.15) is 5.75 Å². The SMILES string of the molecule is CNC[C@H]1OCCCC[C@@H](C)Oc2ccc(NC(=O)CCCN(C)C)cc2C(=O)N([C@H](C)CO)C[C@@H]1C. The molecule has 0 aliphatic carbocycles. The van der Waals surface area contributed by atoms with Crippen LogP contribution >= 0.6 is 0 Å². The first-order valence-corrected chi connectivity index (χ1v) is 13.6. The van der Waals surface area contributed by atoms with Crippen LogP contribution in [0.25, 0.3) is 0 Å². The van der Waals surface area contributed by atoms with Crippen LogP contribution in [0, 0.1) is 5.92 Å². The van der Waals surface area contributed by atoms with Crippen molar-refractivity contribution in [2.24, 2.45) is 5.92 Å². The molecule has 210 valence electrons. The molecule has 0 unspecified atom stereocenters. The van der Waals surface area contributed by atoms with Gasteiger partial charge in [0.25, 0.3) is 5.91 Å². The maximum atomic E-state index is 14.0. The standard InChI is InChI=1S/C28H48N4O5/c1-20-18-32(21(2)19-33)28(35)24-16-23(30-27(34)11-9-14-31(5)6)12-13-25(24)37-22(3)10-7-8-15-36-26(20)17-29-4/h12-13,16,20-22,26,29,33H,7-11,14-15,17-19H2,1-6H3,(H,30,34)/t20-,21+,22+,26+/m0/s1. The maximum absolute atomic E-state index is 14.0. The highest BCUT2D eigenvalue weighted by atomic mass is 16.5. The van der Waals surface area contributed by atoms with Crippen LogP contribution in [0.5, 0.6) is 5.75 Å². The number of anilines is 1. The molecule has 1 aliphatic rings. The van der Waals surface area contributed by atoms with Crippen LogP contribution in [0.2, 0.25) is 0 Å². The average molecular weight is 521 g/mol. The summed E-state index contributed by atoms with van der Waals surface area (Å²) in [5, 5.41) is 16.1. The summed E-state index contributed by atoms with van der Waals surface area (Å²) >= 11 is 0. The van der Waals surface area contributed by atoms with Gasteiger partial charge in [-0.3, -0.25) is 9.59 Å². The molecule has 0 radical (unpaired) electrons. The van der Waals surface area contributed by atoms with Gasteiger partial charge in [-0.1, -0.05) is 6.92 Å². The number of ether oxygens (including phenoxy) is 2. The van der Waals surface area contributed by atoms with Crippen LogP contribution in [0.3, 0.4) is 0 Å². The van der Waals surface area contributed by atoms with Crippen LogP contribution in [0.1, 0.15) is 63.2 Å². The maximum Gasteiger partial charge on any atom is 0.258 e. The predicted molar refractivity (Wildman–Crippen MR) is 147 cm³/mol. The number of rotatable bonds is 9. The number of aliphatic hydroxyl groups excluding tert-OH is 1. The second kappa shape index (κ2) is 15.9. The van der Waals surface area contributed by atoms with Gasteiger partial charge < -0.3 is 35.0 Å². The zero-order valence-corrected chi connectivity index (χ0v) is 23.6. The lowest BCUT2D eigenvalue weighted by molar-refractivity contribution is -0.116. The van der Waals surface area contributed by atoms with Gasteiger partial charge in [0.2, 0.25) is 5.91 Å². The molecule has 1 aliphatic heterocycles. The van der Waals surface area contributed by atoms with E-state index < -0.39 is 6.04 Å². The van der Waals surface area contributed by atoms with Gasteiger partial charge in [-0.05, 0) is 85.4 Å². The van der Waals surface area contributed by atoms with Gasteiger partial charge in [-0.15, -0.1) is 0 Å². The minimum atomic E-state index is -0.396. The van der Waals surface area contributed by atoms with E-state index >= 15 is 0 Å². The predicted octanol–water partition coefficient (Wildman–Crippen LogP) is 2.98. The van der Waals surface area contributed by atoms with E-state index in [1.165, 1.54) is 0 Å². The topological polar surface area (TPSA) is 103 Å². The molecule has 1 aromatic rings. The van der Waals surface area contributed by atoms with Crippen molar-refractivity contribution in [3.05, 3.63) is 23.8 Å². The van der Waals surface area contributed by atoms with Gasteiger partial charge in [0.05, 0.1) is 30.4 Å². The fraction of sp³-hybridized carbons (Fsp3) is 0.714. The molecule has 2 amide bonds. The third kappa shape index (κ3) is 10.2. The molecule has 3 N–H and O–H groups in total. The number of carbonyl (C=O) groups is 2. The lowest BCUT2D eigenvalue weighted by atomic mass is 10.0. The summed E-state index contributed by atoms with van der Waals surface area (Å²) in [4.78, 5) is 30.2. The van der Waals surface area contributed by atoms with E-state index in [0.29, 0.717) is 43.1 Å². The average Bonchev–Trinajstić information content (AvgIpc) is 2.85. The van der Waals surface area contributed by atoms with E-state index in [4.69, 9.17) is 9.47 Å². The Morgan fingerprint density at radius 3 is 2.70 bits per heavy atom. The molecular formula is C28H48N4O5. The van der Waals surface area contributed by atoms with E-state index in [1.807, 2.05) is 39.9 Å². The van der Waals surface area contributed by atoms with Crippen LogP contribution < -0.4 is 15.4 Å². The Labute approximate surface area is 222 Å². The minimum Gasteiger partial charge on any atom is -0.490 e. The fourth-order valence-electron chi connectivity index (χ4n) is 4.47. The van der Waals surface area contributed by atoms with E-state index in [2.05, 4.69) is 17.6 Å². The molecule has 9 heteroatoms. The molecular weight excluding hydrogens is 472 g/mol. The number of nitrogens with one attached hydrogen (secondary N) is 2. The summed E-state index contributed by atoms with van der Waals surface area (Å²) in [7, 11) is 5.85. The van der Waals surface area contributed by atoms with Gasteiger partial charge in [0.15, 0.2) is 0 Å². The van der Waals surface area contributed by atoms with Crippen LogP contribution in [-0.2, 0) is 9.53 Å². The Kier molecular flexibility index (Phi) is 13.3. The van der Waals surface area contributed by atoms with Crippen molar-refractivity contribution in [1.29, 1.82) is 0 Å². The van der Waals surface area contributed by atoms with Crippen molar-refractivity contribution >= 4 is 17.5 Å². The fourth-order valence-corrected chi connectivity index (χ4v) is 4.47. The van der Waals surface area contributed by atoms with Crippen LogP contribution in [-0.4, -0.2) is 99.0 Å². The Hall–Kier alpha value is -2.20. The Bertz CT molecular complexity index is 850. The number of hydrogen-bond acceptors (Lipinski definition) is 7. The highest BCUT2D eigenvalue weighted by Gasteiger charge is 2.29. The molecule has 0 spiro atoms. The first-order chi connectivity index (χ1) is 17.7. The number of fused-ring (bicyclic) bond motifs is 1.